The van der Waals surface area contributed by atoms with E-state index in [1.807, 2.05) is 0 Å². The first-order valence-electron chi connectivity index (χ1n) is 7.46. The summed E-state index contributed by atoms with van der Waals surface area (Å²) >= 11 is 1.66. The van der Waals surface area contributed by atoms with Crippen molar-refractivity contribution in [2.75, 3.05) is 18.9 Å². The Labute approximate surface area is 125 Å². The van der Waals surface area contributed by atoms with Gasteiger partial charge in [-0.05, 0) is 25.7 Å². The van der Waals surface area contributed by atoms with Gasteiger partial charge in [-0.1, -0.05) is 11.9 Å². The highest BCUT2D eigenvalue weighted by Gasteiger charge is 2.32. The molecule has 6 nitrogen and oxygen atoms in total. The predicted molar refractivity (Wildman–Crippen MR) is 80.1 cm³/mol. The van der Waals surface area contributed by atoms with Gasteiger partial charge in [0.2, 0.25) is 0 Å². The molecular weight excluding hydrogens is 278 g/mol. The van der Waals surface area contributed by atoms with Gasteiger partial charge in [0.15, 0.2) is 6.29 Å². The zero-order valence-corrected chi connectivity index (χ0v) is 12.7. The highest BCUT2D eigenvalue weighted by atomic mass is 32.2. The molecule has 1 heterocycles. The van der Waals surface area contributed by atoms with Crippen molar-refractivity contribution in [1.82, 2.24) is 4.72 Å². The molecule has 1 aliphatic carbocycles. The summed E-state index contributed by atoms with van der Waals surface area (Å²) in [5.41, 5.74) is 11.6. The second-order valence-corrected chi connectivity index (χ2v) is 6.56. The van der Waals surface area contributed by atoms with Crippen LogP contribution in [0.15, 0.2) is 0 Å². The Bertz CT molecular complexity index is 286. The van der Waals surface area contributed by atoms with Crippen LogP contribution in [-0.4, -0.2) is 54.6 Å². The average Bonchev–Trinajstić information content (AvgIpc) is 2.86. The van der Waals surface area contributed by atoms with Gasteiger partial charge in [-0.25, -0.2) is 0 Å². The predicted octanol–water partition coefficient (Wildman–Crippen LogP) is -0.0547. The molecule has 5 atom stereocenters. The average molecular weight is 305 g/mol. The number of hydrogen-bond donors (Lipinski definition) is 4. The van der Waals surface area contributed by atoms with Crippen LogP contribution in [0.25, 0.3) is 0 Å². The van der Waals surface area contributed by atoms with Crippen LogP contribution < -0.4 is 16.2 Å². The number of nitrogens with one attached hydrogen (secondary N) is 1. The third-order valence-electron chi connectivity index (χ3n) is 3.79. The molecule has 2 rings (SSSR count). The molecule has 0 aromatic carbocycles. The Hall–Kier alpha value is 0.110. The summed E-state index contributed by atoms with van der Waals surface area (Å²) in [6.45, 7) is 0.749. The Morgan fingerprint density at radius 1 is 1.30 bits per heavy atom. The van der Waals surface area contributed by atoms with Crippen molar-refractivity contribution in [2.45, 2.75) is 62.7 Å². The summed E-state index contributed by atoms with van der Waals surface area (Å²) in [6.07, 6.45) is 4.43. The summed E-state index contributed by atoms with van der Waals surface area (Å²) < 4.78 is 15.1. The molecule has 0 bridgehead atoms. The van der Waals surface area contributed by atoms with E-state index in [-0.39, 0.29) is 31.1 Å². The van der Waals surface area contributed by atoms with Crippen molar-refractivity contribution in [3.8, 4) is 0 Å². The molecule has 0 radical (unpaired) electrons. The first-order valence-corrected chi connectivity index (χ1v) is 8.44. The van der Waals surface area contributed by atoms with Gasteiger partial charge >= 0.3 is 0 Å². The molecule has 2 aliphatic rings. The van der Waals surface area contributed by atoms with Crippen molar-refractivity contribution >= 4 is 11.9 Å². The van der Waals surface area contributed by atoms with Crippen molar-refractivity contribution in [3.05, 3.63) is 0 Å². The standard InChI is InChI=1S/C13H27N3O3S/c14-3-4-20-16-10-5-9(15)6-12(7-10)19-13-2-1-11(8-17)18-13/h9-13,16-17H,1-8,14-15H2. The van der Waals surface area contributed by atoms with Gasteiger partial charge in [0, 0.05) is 30.8 Å². The van der Waals surface area contributed by atoms with Gasteiger partial charge in [0.25, 0.3) is 0 Å². The minimum Gasteiger partial charge on any atom is -0.394 e. The molecule has 20 heavy (non-hydrogen) atoms. The lowest BCUT2D eigenvalue weighted by atomic mass is 9.90. The maximum Gasteiger partial charge on any atom is 0.158 e. The highest BCUT2D eigenvalue weighted by molar-refractivity contribution is 7.97. The lowest BCUT2D eigenvalue weighted by Gasteiger charge is -2.34. The van der Waals surface area contributed by atoms with Gasteiger partial charge in [-0.2, -0.15) is 0 Å². The van der Waals surface area contributed by atoms with Crippen molar-refractivity contribution < 1.29 is 14.6 Å². The molecule has 1 aliphatic heterocycles. The molecule has 0 aromatic rings. The first kappa shape index (κ1) is 16.5. The largest absolute Gasteiger partial charge is 0.394 e. The fourth-order valence-electron chi connectivity index (χ4n) is 2.87. The molecule has 1 saturated carbocycles. The number of hydrogen-bond acceptors (Lipinski definition) is 7. The number of rotatable bonds is 7. The minimum atomic E-state index is -0.181. The molecule has 7 heteroatoms. The third-order valence-corrected chi connectivity index (χ3v) is 4.73. The van der Waals surface area contributed by atoms with Crippen LogP contribution in [0.3, 0.4) is 0 Å². The fourth-order valence-corrected chi connectivity index (χ4v) is 3.54. The van der Waals surface area contributed by atoms with Crippen LogP contribution in [0.1, 0.15) is 32.1 Å². The topological polar surface area (TPSA) is 103 Å². The smallest absolute Gasteiger partial charge is 0.158 e. The molecule has 0 amide bonds. The number of ether oxygens (including phenoxy) is 2. The lowest BCUT2D eigenvalue weighted by Crippen LogP contribution is -2.44. The van der Waals surface area contributed by atoms with E-state index in [1.165, 1.54) is 0 Å². The fraction of sp³-hybridized carbons (Fsp3) is 1.00. The molecule has 2 fully saturated rings. The summed E-state index contributed by atoms with van der Waals surface area (Å²) in [4.78, 5) is 0. The molecular formula is C13H27N3O3S. The van der Waals surface area contributed by atoms with E-state index in [0.29, 0.717) is 12.6 Å². The SMILES string of the molecule is NCCSNC1CC(N)CC(OC2CCC(CO)O2)C1. The first-order chi connectivity index (χ1) is 9.71. The van der Waals surface area contributed by atoms with Crippen LogP contribution in [0, 0.1) is 0 Å². The van der Waals surface area contributed by atoms with Crippen molar-refractivity contribution in [3.63, 3.8) is 0 Å². The van der Waals surface area contributed by atoms with E-state index in [2.05, 4.69) is 4.72 Å². The Balaban J connectivity index is 1.73. The zero-order chi connectivity index (χ0) is 14.4. The van der Waals surface area contributed by atoms with Gasteiger partial charge < -0.3 is 26.0 Å². The maximum atomic E-state index is 9.07. The van der Waals surface area contributed by atoms with E-state index in [1.54, 1.807) is 11.9 Å². The van der Waals surface area contributed by atoms with Crippen LogP contribution in [0.5, 0.6) is 0 Å². The summed E-state index contributed by atoms with van der Waals surface area (Å²) in [7, 11) is 0. The van der Waals surface area contributed by atoms with Crippen molar-refractivity contribution in [2.24, 2.45) is 11.5 Å². The third kappa shape index (κ3) is 5.14. The summed E-state index contributed by atoms with van der Waals surface area (Å²) in [5, 5.41) is 9.07. The Morgan fingerprint density at radius 2 is 2.15 bits per heavy atom. The van der Waals surface area contributed by atoms with E-state index < -0.39 is 0 Å². The summed E-state index contributed by atoms with van der Waals surface area (Å²) in [6, 6.07) is 0.537. The summed E-state index contributed by atoms with van der Waals surface area (Å²) in [5.74, 6) is 0.904. The molecule has 0 aromatic heterocycles. The van der Waals surface area contributed by atoms with E-state index in [9.17, 15) is 0 Å². The molecule has 1 saturated heterocycles. The maximum absolute atomic E-state index is 9.07. The van der Waals surface area contributed by atoms with Gasteiger partial charge in [-0.3, -0.25) is 4.72 Å². The van der Waals surface area contributed by atoms with Crippen LogP contribution in [0.2, 0.25) is 0 Å². The number of aliphatic hydroxyl groups excluding tert-OH is 1. The lowest BCUT2D eigenvalue weighted by molar-refractivity contribution is -0.174. The second-order valence-electron chi connectivity index (χ2n) is 5.62. The Kier molecular flexibility index (Phi) is 7.03. The number of aliphatic hydroxyl groups is 1. The van der Waals surface area contributed by atoms with Gasteiger partial charge in [0.1, 0.15) is 0 Å². The number of nitrogens with two attached hydrogens (primary N) is 2. The molecule has 6 N–H and O–H groups in total. The van der Waals surface area contributed by atoms with Gasteiger partial charge in [0.05, 0.1) is 18.8 Å². The second kappa shape index (κ2) is 8.53. The zero-order valence-electron chi connectivity index (χ0n) is 11.9. The quantitative estimate of drug-likeness (QED) is 0.386. The van der Waals surface area contributed by atoms with Crippen molar-refractivity contribution in [1.29, 1.82) is 0 Å². The van der Waals surface area contributed by atoms with Crippen LogP contribution in [0.4, 0.5) is 0 Å². The molecule has 5 unspecified atom stereocenters. The van der Waals surface area contributed by atoms with Gasteiger partial charge in [-0.15, -0.1) is 0 Å². The van der Waals surface area contributed by atoms with E-state index >= 15 is 0 Å². The van der Waals surface area contributed by atoms with Crippen LogP contribution in [-0.2, 0) is 9.47 Å². The monoisotopic (exact) mass is 305 g/mol. The molecule has 0 spiro atoms. The highest BCUT2D eigenvalue weighted by Crippen LogP contribution is 2.27. The van der Waals surface area contributed by atoms with E-state index in [0.717, 1.165) is 37.9 Å². The van der Waals surface area contributed by atoms with Crippen LogP contribution >= 0.6 is 11.9 Å². The Morgan fingerprint density at radius 3 is 2.85 bits per heavy atom. The molecule has 118 valence electrons. The van der Waals surface area contributed by atoms with E-state index in [4.69, 9.17) is 26.0 Å². The normalized spacial score (nSPS) is 38.2. The minimum absolute atomic E-state index is 0.0636.